The zero-order chi connectivity index (χ0) is 19.7. The number of nitrogens with zero attached hydrogens (tertiary/aromatic N) is 1. The maximum Gasteiger partial charge on any atom is 0.252 e. The summed E-state index contributed by atoms with van der Waals surface area (Å²) in [5, 5.41) is 1.24. The molecule has 1 aliphatic carbocycles. The Hall–Kier alpha value is -1.88. The van der Waals surface area contributed by atoms with E-state index in [0.29, 0.717) is 22.5 Å². The van der Waals surface area contributed by atoms with Gasteiger partial charge in [-0.15, -0.1) is 0 Å². The highest BCUT2D eigenvalue weighted by Gasteiger charge is 2.45. The Labute approximate surface area is 174 Å². The van der Waals surface area contributed by atoms with Crippen molar-refractivity contribution in [2.24, 2.45) is 5.92 Å². The first-order chi connectivity index (χ1) is 13.6. The number of amides is 1. The Morgan fingerprint density at radius 2 is 1.79 bits per heavy atom. The van der Waals surface area contributed by atoms with Crippen LogP contribution in [0.2, 0.25) is 10.0 Å². The third-order valence-corrected chi connectivity index (χ3v) is 5.83. The lowest BCUT2D eigenvalue weighted by molar-refractivity contribution is -0.175. The van der Waals surface area contributed by atoms with Gasteiger partial charge in [0, 0.05) is 23.0 Å². The van der Waals surface area contributed by atoms with Crippen molar-refractivity contribution in [3.63, 3.8) is 0 Å². The molecule has 2 aromatic carbocycles. The van der Waals surface area contributed by atoms with Gasteiger partial charge in [0.05, 0.1) is 6.04 Å². The van der Waals surface area contributed by atoms with Gasteiger partial charge >= 0.3 is 0 Å². The number of rotatable bonds is 6. The average Bonchev–Trinajstić information content (AvgIpc) is 3.50. The smallest absolute Gasteiger partial charge is 0.252 e. The molecule has 0 bridgehead atoms. The van der Waals surface area contributed by atoms with Crippen LogP contribution in [0.3, 0.4) is 0 Å². The van der Waals surface area contributed by atoms with Crippen molar-refractivity contribution < 1.29 is 14.3 Å². The van der Waals surface area contributed by atoms with Crippen LogP contribution in [0.15, 0.2) is 48.5 Å². The molecule has 0 unspecified atom stereocenters. The van der Waals surface area contributed by atoms with E-state index in [9.17, 15) is 9.59 Å². The van der Waals surface area contributed by atoms with Gasteiger partial charge in [0.1, 0.15) is 18.5 Å². The SMILES string of the molecule is O=CC[C@H]1O[C@H](c2cccc(Cl)c2)[C@H](c2ccc(Cl)cc2)N(CC2CC2)C1=O. The van der Waals surface area contributed by atoms with Crippen LogP contribution in [0, 0.1) is 5.92 Å². The molecule has 3 atom stereocenters. The van der Waals surface area contributed by atoms with Crippen LogP contribution in [0.1, 0.15) is 42.5 Å². The highest BCUT2D eigenvalue weighted by molar-refractivity contribution is 6.30. The van der Waals surface area contributed by atoms with E-state index in [2.05, 4.69) is 0 Å². The molecule has 4 nitrogen and oxygen atoms in total. The van der Waals surface area contributed by atoms with E-state index in [1.165, 1.54) is 0 Å². The molecule has 0 spiro atoms. The van der Waals surface area contributed by atoms with Crippen LogP contribution >= 0.6 is 23.2 Å². The molecule has 2 aromatic rings. The molecule has 1 heterocycles. The predicted molar refractivity (Wildman–Crippen MR) is 108 cm³/mol. The minimum Gasteiger partial charge on any atom is -0.357 e. The largest absolute Gasteiger partial charge is 0.357 e. The summed E-state index contributed by atoms with van der Waals surface area (Å²) in [7, 11) is 0. The number of carbonyl (C=O) groups excluding carboxylic acids is 2. The van der Waals surface area contributed by atoms with Crippen molar-refractivity contribution in [3.05, 3.63) is 69.7 Å². The molecule has 1 saturated carbocycles. The zero-order valence-electron chi connectivity index (χ0n) is 15.3. The van der Waals surface area contributed by atoms with Crippen molar-refractivity contribution in [1.82, 2.24) is 4.90 Å². The highest BCUT2D eigenvalue weighted by Crippen LogP contribution is 2.45. The maximum atomic E-state index is 13.2. The summed E-state index contributed by atoms with van der Waals surface area (Å²) < 4.78 is 6.20. The van der Waals surface area contributed by atoms with E-state index in [0.717, 1.165) is 30.3 Å². The lowest BCUT2D eigenvalue weighted by Crippen LogP contribution is -2.51. The van der Waals surface area contributed by atoms with E-state index in [-0.39, 0.29) is 18.4 Å². The Morgan fingerprint density at radius 3 is 2.43 bits per heavy atom. The van der Waals surface area contributed by atoms with Crippen molar-refractivity contribution in [3.8, 4) is 0 Å². The molecular formula is C22H21Cl2NO3. The van der Waals surface area contributed by atoms with Gasteiger partial charge in [0.15, 0.2) is 0 Å². The third kappa shape index (κ3) is 4.09. The van der Waals surface area contributed by atoms with Gasteiger partial charge in [-0.05, 0) is 54.2 Å². The molecule has 146 valence electrons. The fourth-order valence-corrected chi connectivity index (χ4v) is 4.10. The van der Waals surface area contributed by atoms with Gasteiger partial charge < -0.3 is 14.4 Å². The highest BCUT2D eigenvalue weighted by atomic mass is 35.5. The molecule has 1 aliphatic heterocycles. The van der Waals surface area contributed by atoms with E-state index >= 15 is 0 Å². The summed E-state index contributed by atoms with van der Waals surface area (Å²) in [6, 6.07) is 14.7. The van der Waals surface area contributed by atoms with Crippen molar-refractivity contribution >= 4 is 35.4 Å². The van der Waals surface area contributed by atoms with Crippen LogP contribution < -0.4 is 0 Å². The molecule has 1 saturated heterocycles. The summed E-state index contributed by atoms with van der Waals surface area (Å²) in [4.78, 5) is 26.2. The molecule has 1 amide bonds. The summed E-state index contributed by atoms with van der Waals surface area (Å²) in [6.07, 6.45) is 1.85. The first kappa shape index (κ1) is 19.4. The lowest BCUT2D eigenvalue weighted by Gasteiger charge is -2.44. The molecule has 2 aliphatic rings. The topological polar surface area (TPSA) is 46.6 Å². The monoisotopic (exact) mass is 417 g/mol. The summed E-state index contributed by atoms with van der Waals surface area (Å²) in [5.41, 5.74) is 1.84. The predicted octanol–water partition coefficient (Wildman–Crippen LogP) is 5.00. The number of aldehydes is 1. The first-order valence-electron chi connectivity index (χ1n) is 9.47. The van der Waals surface area contributed by atoms with E-state index < -0.39 is 12.2 Å². The molecule has 0 N–H and O–H groups in total. The Kier molecular flexibility index (Phi) is 5.72. The molecule has 28 heavy (non-hydrogen) atoms. The van der Waals surface area contributed by atoms with Crippen molar-refractivity contribution in [2.75, 3.05) is 6.54 Å². The minimum absolute atomic E-state index is 0.0460. The number of hydrogen-bond donors (Lipinski definition) is 0. The van der Waals surface area contributed by atoms with Crippen LogP contribution in [0.4, 0.5) is 0 Å². The number of hydrogen-bond acceptors (Lipinski definition) is 3. The standard InChI is InChI=1S/C22H21Cl2NO3/c23-17-8-6-15(7-9-17)20-21(16-2-1-3-18(24)12-16)28-19(10-11-26)22(27)25(20)13-14-4-5-14/h1-3,6-9,11-12,14,19-21H,4-5,10,13H2/t19-,20+,21-/m1/s1. The van der Waals surface area contributed by atoms with Crippen LogP contribution in [0.5, 0.6) is 0 Å². The minimum atomic E-state index is -0.774. The molecule has 0 aromatic heterocycles. The first-order valence-corrected chi connectivity index (χ1v) is 10.2. The fraction of sp³-hybridized carbons (Fsp3) is 0.364. The van der Waals surface area contributed by atoms with Gasteiger partial charge in [-0.1, -0.05) is 47.5 Å². The summed E-state index contributed by atoms with van der Waals surface area (Å²) in [6.45, 7) is 0.669. The Bertz CT molecular complexity index is 866. The Morgan fingerprint density at radius 1 is 1.04 bits per heavy atom. The number of benzene rings is 2. The van der Waals surface area contributed by atoms with Crippen LogP contribution in [-0.4, -0.2) is 29.7 Å². The number of carbonyl (C=O) groups is 2. The molecule has 0 radical (unpaired) electrons. The normalized spacial score (nSPS) is 25.0. The lowest BCUT2D eigenvalue weighted by atomic mass is 9.91. The maximum absolute atomic E-state index is 13.2. The van der Waals surface area contributed by atoms with E-state index in [1.807, 2.05) is 47.4 Å². The van der Waals surface area contributed by atoms with Gasteiger partial charge in [-0.25, -0.2) is 0 Å². The van der Waals surface area contributed by atoms with Gasteiger partial charge in [0.25, 0.3) is 5.91 Å². The van der Waals surface area contributed by atoms with Gasteiger partial charge in [-0.3, -0.25) is 4.79 Å². The van der Waals surface area contributed by atoms with Gasteiger partial charge in [-0.2, -0.15) is 0 Å². The number of morpholine rings is 1. The Balaban J connectivity index is 1.79. The van der Waals surface area contributed by atoms with Crippen molar-refractivity contribution in [1.29, 1.82) is 0 Å². The summed E-state index contributed by atoms with van der Waals surface area (Å²) in [5.74, 6) is 0.381. The second-order valence-corrected chi connectivity index (χ2v) is 8.31. The van der Waals surface area contributed by atoms with E-state index in [1.54, 1.807) is 6.07 Å². The van der Waals surface area contributed by atoms with Crippen molar-refractivity contribution in [2.45, 2.75) is 37.5 Å². The second kappa shape index (κ2) is 8.24. The quantitative estimate of drug-likeness (QED) is 0.621. The van der Waals surface area contributed by atoms with E-state index in [4.69, 9.17) is 27.9 Å². The molecular weight excluding hydrogens is 397 g/mol. The summed E-state index contributed by atoms with van der Waals surface area (Å²) >= 11 is 12.3. The van der Waals surface area contributed by atoms with Crippen LogP contribution in [0.25, 0.3) is 0 Å². The third-order valence-electron chi connectivity index (χ3n) is 5.34. The molecule has 4 rings (SSSR count). The number of ether oxygens (including phenoxy) is 1. The fourth-order valence-electron chi connectivity index (χ4n) is 3.78. The zero-order valence-corrected chi connectivity index (χ0v) is 16.8. The molecule has 6 heteroatoms. The number of halogens is 2. The second-order valence-electron chi connectivity index (χ2n) is 7.43. The average molecular weight is 418 g/mol. The molecule has 2 fully saturated rings. The van der Waals surface area contributed by atoms with Gasteiger partial charge in [0.2, 0.25) is 0 Å². The van der Waals surface area contributed by atoms with Crippen LogP contribution in [-0.2, 0) is 14.3 Å².